The average molecular weight is 480 g/mol. The molecule has 6 N–H and O–H groups in total. The van der Waals surface area contributed by atoms with Gasteiger partial charge >= 0.3 is 0 Å². The molecule has 33 heavy (non-hydrogen) atoms. The fourth-order valence-corrected chi connectivity index (χ4v) is 3.30. The third-order valence-corrected chi connectivity index (χ3v) is 4.96. The number of ether oxygens (including phenoxy) is 1. The van der Waals surface area contributed by atoms with Crippen molar-refractivity contribution in [3.8, 4) is 11.5 Å². The number of carbonyl (C=O) groups excluding carboxylic acids is 1. The number of amides is 1. The van der Waals surface area contributed by atoms with Crippen molar-refractivity contribution in [3.63, 3.8) is 0 Å². The van der Waals surface area contributed by atoms with Gasteiger partial charge in [0.05, 0.1) is 11.4 Å². The molecule has 0 bridgehead atoms. The van der Waals surface area contributed by atoms with Crippen molar-refractivity contribution < 1.29 is 31.1 Å². The zero-order valence-electron chi connectivity index (χ0n) is 17.2. The van der Waals surface area contributed by atoms with E-state index in [1.807, 2.05) is 0 Å². The maximum Gasteiger partial charge on any atom is 0.274 e. The Kier molecular flexibility index (Phi) is 6.91. The van der Waals surface area contributed by atoms with Crippen molar-refractivity contribution in [2.24, 2.45) is 10.9 Å². The first-order chi connectivity index (χ1) is 15.4. The molecule has 0 fully saturated rings. The van der Waals surface area contributed by atoms with Crippen molar-refractivity contribution in [1.82, 2.24) is 4.72 Å². The van der Waals surface area contributed by atoms with Crippen molar-refractivity contribution in [3.05, 3.63) is 82.7 Å². The monoisotopic (exact) mass is 480 g/mol. The number of hydrogen-bond acceptors (Lipinski definition) is 5. The van der Waals surface area contributed by atoms with Crippen molar-refractivity contribution >= 4 is 27.5 Å². The molecule has 0 heterocycles. The Morgan fingerprint density at radius 3 is 2.42 bits per heavy atom. The van der Waals surface area contributed by atoms with E-state index in [0.29, 0.717) is 17.2 Å². The number of primary amides is 1. The number of hydrogen-bond donors (Lipinski definition) is 4. The van der Waals surface area contributed by atoms with E-state index in [9.17, 15) is 26.4 Å². The van der Waals surface area contributed by atoms with Crippen LogP contribution in [0.3, 0.4) is 0 Å². The largest absolute Gasteiger partial charge is 0.456 e. The molecule has 0 aliphatic heterocycles. The van der Waals surface area contributed by atoms with Gasteiger partial charge in [-0.3, -0.25) is 4.79 Å². The summed E-state index contributed by atoms with van der Waals surface area (Å²) in [5.41, 5.74) is 4.94. The van der Waals surface area contributed by atoms with Crippen LogP contribution < -0.4 is 25.6 Å². The Hall–Kier alpha value is -3.61. The maximum absolute atomic E-state index is 14.6. The number of halogens is 3. The molecule has 0 unspecified atom stereocenters. The van der Waals surface area contributed by atoms with E-state index in [1.54, 1.807) is 13.0 Å². The van der Waals surface area contributed by atoms with Crippen molar-refractivity contribution in [1.29, 1.82) is 0 Å². The molecule has 0 saturated carbocycles. The molecule has 1 amide bonds. The van der Waals surface area contributed by atoms with Crippen LogP contribution >= 0.6 is 0 Å². The van der Waals surface area contributed by atoms with Gasteiger partial charge in [-0.1, -0.05) is 18.2 Å². The Morgan fingerprint density at radius 1 is 1.06 bits per heavy atom. The number of anilines is 2. The Bertz CT molecular complexity index is 1330. The van der Waals surface area contributed by atoms with Crippen LogP contribution in [-0.2, 0) is 16.8 Å². The molecular weight excluding hydrogens is 461 g/mol. The Balaban J connectivity index is 2.02. The van der Waals surface area contributed by atoms with E-state index < -0.39 is 50.6 Å². The first-order valence-electron chi connectivity index (χ1n) is 9.34. The summed E-state index contributed by atoms with van der Waals surface area (Å²) in [6.45, 7) is 1.47. The lowest BCUT2D eigenvalue weighted by atomic mass is 10.1. The van der Waals surface area contributed by atoms with Crippen LogP contribution in [0.1, 0.15) is 21.5 Å². The van der Waals surface area contributed by atoms with Gasteiger partial charge in [-0.15, -0.1) is 0 Å². The van der Waals surface area contributed by atoms with E-state index in [4.69, 9.17) is 15.6 Å². The van der Waals surface area contributed by atoms with Crippen LogP contribution in [0.4, 0.5) is 24.5 Å². The molecule has 3 aromatic rings. The molecule has 3 rings (SSSR count). The van der Waals surface area contributed by atoms with Crippen molar-refractivity contribution in [2.75, 3.05) is 5.32 Å². The van der Waals surface area contributed by atoms with Gasteiger partial charge in [0, 0.05) is 12.6 Å². The third kappa shape index (κ3) is 6.00. The lowest BCUT2D eigenvalue weighted by Crippen LogP contribution is -2.30. The molecule has 3 aromatic carbocycles. The van der Waals surface area contributed by atoms with Gasteiger partial charge in [-0.25, -0.2) is 18.3 Å². The summed E-state index contributed by atoms with van der Waals surface area (Å²) >= 11 is 0. The summed E-state index contributed by atoms with van der Waals surface area (Å²) in [5, 5.41) is 7.27. The highest BCUT2D eigenvalue weighted by Crippen LogP contribution is 2.36. The summed E-state index contributed by atoms with van der Waals surface area (Å²) in [6.07, 6.45) is 0. The van der Waals surface area contributed by atoms with Crippen LogP contribution in [0.15, 0.2) is 48.5 Å². The first-order valence-corrected chi connectivity index (χ1v) is 10.9. The summed E-state index contributed by atoms with van der Waals surface area (Å²) in [5.74, 6) is -5.13. The van der Waals surface area contributed by atoms with Crippen molar-refractivity contribution in [2.45, 2.75) is 13.5 Å². The molecule has 174 valence electrons. The summed E-state index contributed by atoms with van der Waals surface area (Å²) in [7, 11) is -3.95. The summed E-state index contributed by atoms with van der Waals surface area (Å²) in [4.78, 5) is 12.1. The second kappa shape index (κ2) is 9.48. The lowest BCUT2D eigenvalue weighted by Gasteiger charge is -2.17. The average Bonchev–Trinajstić information content (AvgIpc) is 2.71. The van der Waals surface area contributed by atoms with Gasteiger partial charge in [0.25, 0.3) is 16.1 Å². The second-order valence-electron chi connectivity index (χ2n) is 7.01. The van der Waals surface area contributed by atoms with Gasteiger partial charge in [0.15, 0.2) is 11.6 Å². The van der Waals surface area contributed by atoms with E-state index in [0.717, 1.165) is 0 Å². The first kappa shape index (κ1) is 24.0. The van der Waals surface area contributed by atoms with E-state index in [1.165, 1.54) is 36.4 Å². The van der Waals surface area contributed by atoms with E-state index in [-0.39, 0.29) is 18.0 Å². The zero-order chi connectivity index (χ0) is 24.3. The lowest BCUT2D eigenvalue weighted by molar-refractivity contribution is 0.0998. The SMILES string of the molecule is Cc1ccc(Nc2c(F)c(F)cc(Oc3cccc(CNS(N)(=O)=O)c3)c2C(N)=O)c(F)c1. The Labute approximate surface area is 187 Å². The van der Waals surface area contributed by atoms with Gasteiger partial charge < -0.3 is 15.8 Å². The van der Waals surface area contributed by atoms with Gasteiger partial charge in [-0.2, -0.15) is 13.1 Å². The molecule has 0 saturated heterocycles. The van der Waals surface area contributed by atoms with Crippen LogP contribution in [0.5, 0.6) is 11.5 Å². The number of carbonyl (C=O) groups is 1. The zero-order valence-corrected chi connectivity index (χ0v) is 18.0. The maximum atomic E-state index is 14.6. The minimum atomic E-state index is -3.95. The molecule has 0 aromatic heterocycles. The van der Waals surface area contributed by atoms with Crippen LogP contribution in [0.2, 0.25) is 0 Å². The minimum Gasteiger partial charge on any atom is -0.456 e. The summed E-state index contributed by atoms with van der Waals surface area (Å²) < 4.78 is 73.0. The topological polar surface area (TPSA) is 137 Å². The van der Waals surface area contributed by atoms with E-state index >= 15 is 0 Å². The number of rotatable bonds is 8. The highest BCUT2D eigenvalue weighted by atomic mass is 32.2. The second-order valence-corrected chi connectivity index (χ2v) is 8.39. The molecule has 0 aliphatic rings. The third-order valence-electron chi connectivity index (χ3n) is 4.42. The number of nitrogens with one attached hydrogen (secondary N) is 2. The van der Waals surface area contributed by atoms with Gasteiger partial charge in [-0.05, 0) is 42.3 Å². The fourth-order valence-electron chi connectivity index (χ4n) is 2.93. The molecule has 0 spiro atoms. The quantitative estimate of drug-likeness (QED) is 0.392. The van der Waals surface area contributed by atoms with Gasteiger partial charge in [0.1, 0.15) is 22.9 Å². The predicted molar refractivity (Wildman–Crippen MR) is 116 cm³/mol. The molecule has 12 heteroatoms. The van der Waals surface area contributed by atoms with Crippen LogP contribution in [0.25, 0.3) is 0 Å². The van der Waals surface area contributed by atoms with E-state index in [2.05, 4.69) is 10.0 Å². The van der Waals surface area contributed by atoms with Gasteiger partial charge in [0.2, 0.25) is 0 Å². The smallest absolute Gasteiger partial charge is 0.274 e. The molecule has 0 aliphatic carbocycles. The highest BCUT2D eigenvalue weighted by molar-refractivity contribution is 7.87. The summed E-state index contributed by atoms with van der Waals surface area (Å²) in [6, 6.07) is 10.5. The number of nitrogens with two attached hydrogens (primary N) is 2. The molecule has 0 radical (unpaired) electrons. The predicted octanol–water partition coefficient (Wildman–Crippen LogP) is 3.34. The minimum absolute atomic E-state index is 0.0599. The number of aryl methyl sites for hydroxylation is 1. The molecule has 0 atom stereocenters. The van der Waals surface area contributed by atoms with Crippen LogP contribution in [-0.4, -0.2) is 14.3 Å². The standard InChI is InChI=1S/C21H19F3N4O4S/c1-11-5-6-16(14(22)7-11)28-20-18(21(25)29)17(9-15(23)19(20)24)32-13-4-2-3-12(8-13)10-27-33(26,30)31/h2-9,27-28H,10H2,1H3,(H2,25,29)(H2,26,30,31). The molecular formula is C21H19F3N4O4S. The highest BCUT2D eigenvalue weighted by Gasteiger charge is 2.25. The normalized spacial score (nSPS) is 11.3. The fraction of sp³-hybridized carbons (Fsp3) is 0.0952. The molecule has 8 nitrogen and oxygen atoms in total. The number of benzene rings is 3. The van der Waals surface area contributed by atoms with Crippen LogP contribution in [0, 0.1) is 24.4 Å². The Morgan fingerprint density at radius 2 is 1.79 bits per heavy atom.